The van der Waals surface area contributed by atoms with Crippen LogP contribution in [0.2, 0.25) is 0 Å². The number of aryl methyl sites for hydroxylation is 2. The zero-order valence-corrected chi connectivity index (χ0v) is 19.1. The summed E-state index contributed by atoms with van der Waals surface area (Å²) in [6.07, 6.45) is 0.745. The number of halogens is 4. The molecule has 0 spiro atoms. The highest BCUT2D eigenvalue weighted by Gasteiger charge is 2.67. The highest BCUT2D eigenvalue weighted by atomic mass is 32.1. The third-order valence-electron chi connectivity index (χ3n) is 4.77. The quantitative estimate of drug-likeness (QED) is 0.529. The molecular formula is C20H18F4N4O2S2. The van der Waals surface area contributed by atoms with Crippen LogP contribution >= 0.6 is 22.7 Å². The molecule has 0 bridgehead atoms. The molecule has 2 rings (SSSR count). The molecular weight excluding hydrogens is 468 g/mol. The highest BCUT2D eigenvalue weighted by molar-refractivity contribution is 7.17. The van der Waals surface area contributed by atoms with Gasteiger partial charge in [-0.15, -0.1) is 22.7 Å². The second-order valence-electron chi connectivity index (χ2n) is 6.67. The summed E-state index contributed by atoms with van der Waals surface area (Å²) >= 11 is 1.60. The van der Waals surface area contributed by atoms with Crippen molar-refractivity contribution in [2.45, 2.75) is 52.4 Å². The molecule has 2 aromatic heterocycles. The van der Waals surface area contributed by atoms with Crippen LogP contribution in [0.15, 0.2) is 0 Å². The van der Waals surface area contributed by atoms with Crippen LogP contribution in [0.3, 0.4) is 0 Å². The molecule has 2 heterocycles. The molecule has 2 amide bonds. The molecule has 0 aromatic carbocycles. The summed E-state index contributed by atoms with van der Waals surface area (Å²) in [5, 5.41) is 21.2. The van der Waals surface area contributed by atoms with Gasteiger partial charge in [-0.3, -0.25) is 9.59 Å². The number of nitrogens with zero attached hydrogens (tertiary/aromatic N) is 2. The van der Waals surface area contributed by atoms with Crippen molar-refractivity contribution in [1.29, 1.82) is 10.5 Å². The molecule has 170 valence electrons. The van der Waals surface area contributed by atoms with Crippen LogP contribution in [0.4, 0.5) is 27.6 Å². The van der Waals surface area contributed by atoms with Crippen molar-refractivity contribution in [3.8, 4) is 12.1 Å². The van der Waals surface area contributed by atoms with Crippen LogP contribution in [-0.2, 0) is 22.4 Å². The lowest BCUT2D eigenvalue weighted by Crippen LogP contribution is -2.56. The molecule has 32 heavy (non-hydrogen) atoms. The number of hydrogen-bond acceptors (Lipinski definition) is 6. The van der Waals surface area contributed by atoms with E-state index < -0.39 is 23.7 Å². The normalized spacial score (nSPS) is 11.6. The minimum atomic E-state index is -5.43. The minimum absolute atomic E-state index is 0.0910. The van der Waals surface area contributed by atoms with Gasteiger partial charge in [0, 0.05) is 9.75 Å². The number of nitriles is 2. The van der Waals surface area contributed by atoms with Crippen molar-refractivity contribution in [2.75, 3.05) is 10.6 Å². The summed E-state index contributed by atoms with van der Waals surface area (Å²) in [5.41, 5.74) is 0.826. The lowest BCUT2D eigenvalue weighted by molar-refractivity contribution is -0.204. The predicted molar refractivity (Wildman–Crippen MR) is 113 cm³/mol. The summed E-state index contributed by atoms with van der Waals surface area (Å²) in [6.45, 7) is 6.61. The molecule has 0 unspecified atom stereocenters. The molecule has 0 aliphatic rings. The lowest BCUT2D eigenvalue weighted by Gasteiger charge is -2.24. The van der Waals surface area contributed by atoms with Gasteiger partial charge in [-0.05, 0) is 37.8 Å². The van der Waals surface area contributed by atoms with Gasteiger partial charge in [0.2, 0.25) is 0 Å². The van der Waals surface area contributed by atoms with Crippen LogP contribution < -0.4 is 10.6 Å². The largest absolute Gasteiger partial charge is 0.396 e. The van der Waals surface area contributed by atoms with Gasteiger partial charge in [-0.25, -0.2) is 0 Å². The Morgan fingerprint density at radius 2 is 1.12 bits per heavy atom. The number of nitrogens with one attached hydrogen (secondary N) is 2. The third kappa shape index (κ3) is 4.20. The molecule has 0 atom stereocenters. The molecule has 2 N–H and O–H groups in total. The number of thiophene rings is 2. The van der Waals surface area contributed by atoms with Crippen LogP contribution in [0.5, 0.6) is 0 Å². The molecule has 12 heteroatoms. The molecule has 0 radical (unpaired) electrons. The zero-order chi connectivity index (χ0) is 24.4. The minimum Gasteiger partial charge on any atom is -0.311 e. The Morgan fingerprint density at radius 1 is 0.812 bits per heavy atom. The second-order valence-corrected chi connectivity index (χ2v) is 9.12. The van der Waals surface area contributed by atoms with E-state index in [1.807, 2.05) is 0 Å². The summed E-state index contributed by atoms with van der Waals surface area (Å²) in [6, 6.07) is 3.53. The van der Waals surface area contributed by atoms with E-state index in [0.29, 0.717) is 33.7 Å². The number of hydrogen-bond donors (Lipinski definition) is 2. The maximum absolute atomic E-state index is 14.4. The van der Waals surface area contributed by atoms with Gasteiger partial charge in [0.05, 0.1) is 11.1 Å². The fraction of sp³-hybridized carbons (Fsp3) is 0.400. The third-order valence-corrected chi connectivity index (χ3v) is 6.89. The van der Waals surface area contributed by atoms with Gasteiger partial charge >= 0.3 is 23.7 Å². The number of anilines is 2. The van der Waals surface area contributed by atoms with Gasteiger partial charge in [-0.2, -0.15) is 28.1 Å². The number of rotatable bonds is 7. The number of carbonyl (C=O) groups is 2. The van der Waals surface area contributed by atoms with Gasteiger partial charge in [0.15, 0.2) is 0 Å². The van der Waals surface area contributed by atoms with E-state index in [2.05, 4.69) is 0 Å². The first-order valence-electron chi connectivity index (χ1n) is 9.30. The Morgan fingerprint density at radius 3 is 1.38 bits per heavy atom. The van der Waals surface area contributed by atoms with Crippen molar-refractivity contribution in [1.82, 2.24) is 0 Å². The SMILES string of the molecule is CCc1c(C)sc(NC(=O)C(F)(F)C(F)(F)C(=O)Nc2sc(C)c(CC)c2C#N)c1C#N. The molecule has 0 aliphatic heterocycles. The first-order chi connectivity index (χ1) is 14.9. The second kappa shape index (κ2) is 9.27. The molecule has 0 saturated carbocycles. The van der Waals surface area contributed by atoms with Crippen molar-refractivity contribution < 1.29 is 27.2 Å². The van der Waals surface area contributed by atoms with Gasteiger partial charge in [-0.1, -0.05) is 13.8 Å². The first kappa shape index (κ1) is 25.3. The Labute approximate surface area is 189 Å². The van der Waals surface area contributed by atoms with Crippen molar-refractivity contribution in [2.24, 2.45) is 0 Å². The van der Waals surface area contributed by atoms with E-state index in [0.717, 1.165) is 22.7 Å². The Balaban J connectivity index is 2.33. The smallest absolute Gasteiger partial charge is 0.311 e. The van der Waals surface area contributed by atoms with Gasteiger partial charge < -0.3 is 10.6 Å². The highest BCUT2D eigenvalue weighted by Crippen LogP contribution is 2.40. The Bertz CT molecular complexity index is 1070. The Kier molecular flexibility index (Phi) is 7.33. The van der Waals surface area contributed by atoms with Gasteiger partial charge in [0.1, 0.15) is 22.1 Å². The van der Waals surface area contributed by atoms with E-state index in [-0.39, 0.29) is 21.1 Å². The number of alkyl halides is 4. The van der Waals surface area contributed by atoms with E-state index >= 15 is 0 Å². The van der Waals surface area contributed by atoms with Crippen molar-refractivity contribution in [3.05, 3.63) is 32.0 Å². The van der Waals surface area contributed by atoms with E-state index in [4.69, 9.17) is 0 Å². The van der Waals surface area contributed by atoms with E-state index in [1.54, 1.807) is 50.5 Å². The van der Waals surface area contributed by atoms with E-state index in [9.17, 15) is 37.7 Å². The van der Waals surface area contributed by atoms with Crippen molar-refractivity contribution >= 4 is 44.5 Å². The molecule has 0 aliphatic carbocycles. The summed E-state index contributed by atoms with van der Waals surface area (Å²) in [4.78, 5) is 25.3. The van der Waals surface area contributed by atoms with E-state index in [1.165, 1.54) is 0 Å². The maximum atomic E-state index is 14.4. The van der Waals surface area contributed by atoms with Crippen LogP contribution in [-0.4, -0.2) is 23.7 Å². The predicted octanol–water partition coefficient (Wildman–Crippen LogP) is 5.14. The topological polar surface area (TPSA) is 106 Å². The number of carbonyl (C=O) groups excluding carboxylic acids is 2. The van der Waals surface area contributed by atoms with Crippen molar-refractivity contribution in [3.63, 3.8) is 0 Å². The Hall–Kier alpha value is -2.96. The van der Waals surface area contributed by atoms with Crippen LogP contribution in [0.25, 0.3) is 0 Å². The average molecular weight is 487 g/mol. The maximum Gasteiger partial charge on any atom is 0.396 e. The molecule has 0 saturated heterocycles. The van der Waals surface area contributed by atoms with Crippen LogP contribution in [0, 0.1) is 36.5 Å². The monoisotopic (exact) mass is 486 g/mol. The summed E-state index contributed by atoms with van der Waals surface area (Å²) < 4.78 is 57.7. The first-order valence-corrected chi connectivity index (χ1v) is 10.9. The molecule has 2 aromatic rings. The van der Waals surface area contributed by atoms with Gasteiger partial charge in [0.25, 0.3) is 0 Å². The zero-order valence-electron chi connectivity index (χ0n) is 17.5. The van der Waals surface area contributed by atoms with Crippen LogP contribution in [0.1, 0.15) is 45.9 Å². The fourth-order valence-corrected chi connectivity index (χ4v) is 5.25. The summed E-state index contributed by atoms with van der Waals surface area (Å²) in [5.74, 6) is -15.7. The average Bonchev–Trinajstić information content (AvgIpc) is 3.21. The number of amides is 2. The standard InChI is InChI=1S/C20H18F4N4O2S2/c1-5-11-9(3)31-15(13(11)7-25)27-17(29)19(21,22)20(23,24)18(30)28-16-14(8-26)12(6-2)10(4)32-16/h5-6H2,1-4H3,(H,27,29)(H,28,30). The summed E-state index contributed by atoms with van der Waals surface area (Å²) in [7, 11) is 0. The molecule has 0 fully saturated rings. The molecule has 6 nitrogen and oxygen atoms in total. The lowest BCUT2D eigenvalue weighted by atomic mass is 10.1. The fourth-order valence-electron chi connectivity index (χ4n) is 3.07.